The Morgan fingerprint density at radius 1 is 1.00 bits per heavy atom. The third-order valence-corrected chi connectivity index (χ3v) is 6.77. The molecule has 0 saturated heterocycles. The highest BCUT2D eigenvalue weighted by Crippen LogP contribution is 2.47. The fourth-order valence-electron chi connectivity index (χ4n) is 5.23. The Hall–Kier alpha value is -4.26. The number of carbonyl (C=O) groups is 1. The summed E-state index contributed by atoms with van der Waals surface area (Å²) in [5.41, 5.74) is 3.46. The Morgan fingerprint density at radius 3 is 2.51 bits per heavy atom. The Bertz CT molecular complexity index is 1460. The van der Waals surface area contributed by atoms with Gasteiger partial charge in [0.25, 0.3) is 5.56 Å². The number of hydrogen-bond donors (Lipinski definition) is 2. The van der Waals surface area contributed by atoms with Crippen LogP contribution in [0.25, 0.3) is 5.69 Å². The highest BCUT2D eigenvalue weighted by molar-refractivity contribution is 6.01. The van der Waals surface area contributed by atoms with E-state index in [1.54, 1.807) is 6.26 Å². The second kappa shape index (κ2) is 8.51. The molecule has 2 N–H and O–H groups in total. The van der Waals surface area contributed by atoms with Crippen molar-refractivity contribution in [2.75, 3.05) is 11.9 Å². The van der Waals surface area contributed by atoms with E-state index < -0.39 is 5.92 Å². The summed E-state index contributed by atoms with van der Waals surface area (Å²) in [7, 11) is 0. The number of nitrogens with one attached hydrogen (secondary N) is 2. The molecule has 0 bridgehead atoms. The maximum Gasteiger partial charge on any atom is 0.277 e. The Balaban J connectivity index is 1.50. The number of ether oxygens (including phenoxy) is 1. The zero-order valence-corrected chi connectivity index (χ0v) is 19.3. The van der Waals surface area contributed by atoms with Crippen molar-refractivity contribution in [1.29, 1.82) is 0 Å². The van der Waals surface area contributed by atoms with E-state index in [-0.39, 0.29) is 17.3 Å². The quantitative estimate of drug-likeness (QED) is 0.426. The zero-order chi connectivity index (χ0) is 23.9. The molecule has 7 nitrogen and oxygen atoms in total. The summed E-state index contributed by atoms with van der Waals surface area (Å²) in [5, 5.41) is 6.65. The largest absolute Gasteiger partial charge is 0.494 e. The molecule has 0 spiro atoms. The van der Waals surface area contributed by atoms with Gasteiger partial charge in [-0.05, 0) is 55.3 Å². The van der Waals surface area contributed by atoms with E-state index in [9.17, 15) is 9.59 Å². The first-order valence-corrected chi connectivity index (χ1v) is 11.8. The molecule has 0 saturated carbocycles. The van der Waals surface area contributed by atoms with Crippen molar-refractivity contribution in [3.8, 4) is 11.4 Å². The Kier molecular flexibility index (Phi) is 5.17. The van der Waals surface area contributed by atoms with E-state index in [1.165, 1.54) is 4.68 Å². The number of para-hydroxylation sites is 1. The normalized spacial score (nSPS) is 19.2. The number of hydrogen-bond acceptors (Lipinski definition) is 5. The summed E-state index contributed by atoms with van der Waals surface area (Å²) in [6.07, 6.45) is 2.60. The molecule has 3 heterocycles. The van der Waals surface area contributed by atoms with Crippen molar-refractivity contribution in [1.82, 2.24) is 9.78 Å². The van der Waals surface area contributed by atoms with Crippen molar-refractivity contribution >= 4 is 11.6 Å². The van der Waals surface area contributed by atoms with Gasteiger partial charge in [-0.1, -0.05) is 30.3 Å². The van der Waals surface area contributed by atoms with E-state index in [1.807, 2.05) is 73.7 Å². The zero-order valence-electron chi connectivity index (χ0n) is 19.3. The van der Waals surface area contributed by atoms with Crippen molar-refractivity contribution < 1.29 is 13.9 Å². The summed E-state index contributed by atoms with van der Waals surface area (Å²) >= 11 is 0. The third kappa shape index (κ3) is 3.60. The predicted molar refractivity (Wildman–Crippen MR) is 132 cm³/mol. The van der Waals surface area contributed by atoms with Crippen LogP contribution in [-0.2, 0) is 4.79 Å². The molecule has 6 rings (SSSR count). The average Bonchev–Trinajstić information content (AvgIpc) is 3.53. The molecule has 7 heteroatoms. The van der Waals surface area contributed by atoms with E-state index in [4.69, 9.17) is 9.15 Å². The fourth-order valence-corrected chi connectivity index (χ4v) is 5.23. The molecule has 0 amide bonds. The Morgan fingerprint density at radius 2 is 1.80 bits per heavy atom. The van der Waals surface area contributed by atoms with Gasteiger partial charge in [-0.25, -0.2) is 4.68 Å². The third-order valence-electron chi connectivity index (χ3n) is 6.77. The molecule has 2 aromatic heterocycles. The number of nitrogens with zero attached hydrogens (tertiary/aromatic N) is 1. The smallest absolute Gasteiger partial charge is 0.277 e. The van der Waals surface area contributed by atoms with E-state index in [0.29, 0.717) is 36.4 Å². The van der Waals surface area contributed by atoms with Crippen LogP contribution in [0.3, 0.4) is 0 Å². The number of H-pyrrole nitrogens is 1. The van der Waals surface area contributed by atoms with Crippen LogP contribution in [0.15, 0.2) is 93.5 Å². The van der Waals surface area contributed by atoms with Gasteiger partial charge < -0.3 is 14.5 Å². The molecule has 2 atom stereocenters. The second-order valence-electron chi connectivity index (χ2n) is 8.87. The molecule has 1 aliphatic heterocycles. The molecule has 0 fully saturated rings. The lowest BCUT2D eigenvalue weighted by Crippen LogP contribution is -2.31. The maximum absolute atomic E-state index is 13.7. The predicted octanol–water partition coefficient (Wildman–Crippen LogP) is 5.12. The van der Waals surface area contributed by atoms with Gasteiger partial charge in [0.05, 0.1) is 24.1 Å². The van der Waals surface area contributed by atoms with Gasteiger partial charge in [0.15, 0.2) is 5.78 Å². The lowest BCUT2D eigenvalue weighted by atomic mass is 9.73. The molecule has 4 aromatic rings. The topological polar surface area (TPSA) is 89.3 Å². The van der Waals surface area contributed by atoms with Crippen LogP contribution in [0, 0.1) is 0 Å². The number of ketones is 1. The Labute approximate surface area is 202 Å². The number of benzene rings is 2. The molecule has 176 valence electrons. The van der Waals surface area contributed by atoms with E-state index in [0.717, 1.165) is 28.5 Å². The first-order chi connectivity index (χ1) is 17.1. The minimum Gasteiger partial charge on any atom is -0.494 e. The monoisotopic (exact) mass is 467 g/mol. The number of aromatic amines is 1. The number of rotatable bonds is 5. The van der Waals surface area contributed by atoms with Gasteiger partial charge in [-0.15, -0.1) is 0 Å². The molecular formula is C28H25N3O4. The van der Waals surface area contributed by atoms with Gasteiger partial charge in [-0.2, -0.15) is 0 Å². The highest BCUT2D eigenvalue weighted by Gasteiger charge is 2.41. The van der Waals surface area contributed by atoms with Crippen LogP contribution in [0.1, 0.15) is 48.5 Å². The molecule has 0 unspecified atom stereocenters. The van der Waals surface area contributed by atoms with Gasteiger partial charge in [0.2, 0.25) is 0 Å². The number of Topliss-reactive ketones (excluding diaryl/α,β-unsaturated/α-hetero) is 1. The number of allylic oxidation sites excluding steroid dienone is 2. The second-order valence-corrected chi connectivity index (χ2v) is 8.87. The number of furan rings is 1. The lowest BCUT2D eigenvalue weighted by molar-refractivity contribution is -0.116. The van der Waals surface area contributed by atoms with Gasteiger partial charge in [-0.3, -0.25) is 14.7 Å². The van der Waals surface area contributed by atoms with Crippen LogP contribution < -0.4 is 15.6 Å². The van der Waals surface area contributed by atoms with Crippen molar-refractivity contribution in [3.05, 3.63) is 112 Å². The summed E-state index contributed by atoms with van der Waals surface area (Å²) in [6, 6.07) is 20.9. The van der Waals surface area contributed by atoms with E-state index >= 15 is 0 Å². The molecule has 2 aromatic carbocycles. The summed E-state index contributed by atoms with van der Waals surface area (Å²) in [4.78, 5) is 27.3. The summed E-state index contributed by atoms with van der Waals surface area (Å²) in [6.45, 7) is 2.50. The highest BCUT2D eigenvalue weighted by atomic mass is 16.5. The molecule has 0 radical (unpaired) electrons. The number of anilines is 1. The molecule has 2 aliphatic rings. The first-order valence-electron chi connectivity index (χ1n) is 11.8. The minimum atomic E-state index is -0.476. The standard InChI is InChI=1S/C28H25N3O4/c1-2-34-20-12-10-17(11-13-20)24-25-21(15-18(16-22(25)32)23-9-6-14-35-23)29-27-26(24)28(33)31(30-27)19-7-4-3-5-8-19/h3-14,18,24,29-30H,2,15-16H2,1H3/t18-,24-/m0/s1. The summed E-state index contributed by atoms with van der Waals surface area (Å²) < 4.78 is 12.8. The molecule has 1 aliphatic carbocycles. The molecule has 35 heavy (non-hydrogen) atoms. The minimum absolute atomic E-state index is 0.0246. The SMILES string of the molecule is CCOc1ccc([C@H]2C3=C(C[C@H](c4ccco4)CC3=O)Nc3[nH]n(-c4ccccc4)c(=O)c32)cc1. The van der Waals surface area contributed by atoms with Gasteiger partial charge in [0, 0.05) is 29.5 Å². The van der Waals surface area contributed by atoms with Gasteiger partial charge in [0.1, 0.15) is 17.3 Å². The first kappa shape index (κ1) is 21.3. The average molecular weight is 468 g/mol. The number of aromatic nitrogens is 2. The molecular weight excluding hydrogens is 442 g/mol. The van der Waals surface area contributed by atoms with Crippen molar-refractivity contribution in [2.24, 2.45) is 0 Å². The van der Waals surface area contributed by atoms with Crippen LogP contribution >= 0.6 is 0 Å². The number of carbonyl (C=O) groups excluding carboxylic acids is 1. The summed E-state index contributed by atoms with van der Waals surface area (Å²) in [5.74, 6) is 1.67. The number of fused-ring (bicyclic) bond motifs is 1. The maximum atomic E-state index is 13.7. The lowest BCUT2D eigenvalue weighted by Gasteiger charge is -2.33. The van der Waals surface area contributed by atoms with E-state index in [2.05, 4.69) is 10.4 Å². The van der Waals surface area contributed by atoms with Crippen LogP contribution in [-0.4, -0.2) is 22.2 Å². The van der Waals surface area contributed by atoms with Crippen LogP contribution in [0.2, 0.25) is 0 Å². The van der Waals surface area contributed by atoms with Crippen LogP contribution in [0.5, 0.6) is 5.75 Å². The van der Waals surface area contributed by atoms with Crippen molar-refractivity contribution in [3.63, 3.8) is 0 Å². The van der Waals surface area contributed by atoms with Crippen molar-refractivity contribution in [2.45, 2.75) is 31.6 Å². The van der Waals surface area contributed by atoms with Gasteiger partial charge >= 0.3 is 0 Å². The fraction of sp³-hybridized carbons (Fsp3) is 0.214. The van der Waals surface area contributed by atoms with Crippen LogP contribution in [0.4, 0.5) is 5.82 Å².